The Hall–Kier alpha value is -0.510. The molecule has 0 aliphatic carbocycles. The van der Waals surface area contributed by atoms with Gasteiger partial charge in [-0.1, -0.05) is 25.1 Å². The maximum Gasteiger partial charge on any atom is 0.303 e. The van der Waals surface area contributed by atoms with Gasteiger partial charge in [0.25, 0.3) is 0 Å². The summed E-state index contributed by atoms with van der Waals surface area (Å²) in [4.78, 5) is 21.1. The van der Waals surface area contributed by atoms with Crippen LogP contribution in [0.15, 0.2) is 0 Å². The fourth-order valence-corrected chi connectivity index (χ4v) is 1.57. The number of carboxylic acids is 1. The van der Waals surface area contributed by atoms with Crippen LogP contribution in [0.4, 0.5) is 0 Å². The molecular weight excluding hydrogens is 188 g/mol. The Kier molecular flexibility index (Phi) is 7.79. The Labute approximate surface area is 82.9 Å². The van der Waals surface area contributed by atoms with E-state index in [1.807, 2.05) is 6.92 Å². The molecule has 0 aliphatic heterocycles. The molecule has 0 unspecified atom stereocenters. The zero-order chi connectivity index (χ0) is 10.1. The second-order valence-electron chi connectivity index (χ2n) is 2.76. The molecule has 0 aromatic carbocycles. The molecule has 13 heavy (non-hydrogen) atoms. The smallest absolute Gasteiger partial charge is 0.303 e. The topological polar surface area (TPSA) is 54.4 Å². The summed E-state index contributed by atoms with van der Waals surface area (Å²) in [6.07, 6.45) is 3.13. The summed E-state index contributed by atoms with van der Waals surface area (Å²) in [7, 11) is 0. The number of unbranched alkanes of at least 4 members (excludes halogenated alkanes) is 2. The number of aliphatic carboxylic acids is 1. The van der Waals surface area contributed by atoms with Crippen molar-refractivity contribution in [2.45, 2.75) is 39.0 Å². The van der Waals surface area contributed by atoms with Crippen molar-refractivity contribution < 1.29 is 14.7 Å². The van der Waals surface area contributed by atoms with Crippen LogP contribution < -0.4 is 0 Å². The van der Waals surface area contributed by atoms with Gasteiger partial charge in [-0.25, -0.2) is 0 Å². The van der Waals surface area contributed by atoms with Gasteiger partial charge in [-0.2, -0.15) is 0 Å². The summed E-state index contributed by atoms with van der Waals surface area (Å²) in [5.74, 6) is 0.0720. The Morgan fingerprint density at radius 3 is 2.31 bits per heavy atom. The quantitative estimate of drug-likeness (QED) is 0.646. The van der Waals surface area contributed by atoms with Gasteiger partial charge in [0, 0.05) is 12.8 Å². The Bertz CT molecular complexity index is 168. The number of hydrogen-bond acceptors (Lipinski definition) is 3. The summed E-state index contributed by atoms with van der Waals surface area (Å²) in [6.45, 7) is 1.95. The molecule has 0 aromatic heterocycles. The first-order valence-electron chi connectivity index (χ1n) is 4.54. The second-order valence-corrected chi connectivity index (χ2v) is 4.08. The minimum atomic E-state index is -0.755. The third-order valence-electron chi connectivity index (χ3n) is 1.58. The zero-order valence-electron chi connectivity index (χ0n) is 7.91. The lowest BCUT2D eigenvalue weighted by Crippen LogP contribution is -1.95. The molecule has 0 aromatic rings. The summed E-state index contributed by atoms with van der Waals surface area (Å²) in [5.41, 5.74) is 0. The Morgan fingerprint density at radius 2 is 1.77 bits per heavy atom. The van der Waals surface area contributed by atoms with Crippen LogP contribution in [0.25, 0.3) is 0 Å². The highest BCUT2D eigenvalue weighted by Crippen LogP contribution is 2.10. The normalized spacial score (nSPS) is 9.92. The highest BCUT2D eigenvalue weighted by molar-refractivity contribution is 8.13. The molecule has 0 saturated heterocycles. The van der Waals surface area contributed by atoms with Crippen molar-refractivity contribution in [2.75, 3.05) is 5.75 Å². The van der Waals surface area contributed by atoms with Crippen LogP contribution in [0.3, 0.4) is 0 Å². The van der Waals surface area contributed by atoms with Gasteiger partial charge in [0.1, 0.15) is 0 Å². The maximum absolute atomic E-state index is 11.0. The molecule has 0 aliphatic rings. The SMILES string of the molecule is CCSC(=O)CCCCCC(=O)O. The molecule has 0 radical (unpaired) electrons. The summed E-state index contributed by atoms with van der Waals surface area (Å²) in [5, 5.41) is 8.56. The van der Waals surface area contributed by atoms with E-state index in [-0.39, 0.29) is 11.5 Å². The van der Waals surface area contributed by atoms with Gasteiger partial charge in [0.2, 0.25) is 0 Å². The lowest BCUT2D eigenvalue weighted by molar-refractivity contribution is -0.137. The molecule has 0 saturated carbocycles. The predicted molar refractivity (Wildman–Crippen MR) is 53.9 cm³/mol. The summed E-state index contributed by atoms with van der Waals surface area (Å²) >= 11 is 1.34. The van der Waals surface area contributed by atoms with Crippen LogP contribution in [0.2, 0.25) is 0 Å². The first-order valence-corrected chi connectivity index (χ1v) is 5.52. The van der Waals surface area contributed by atoms with Gasteiger partial charge >= 0.3 is 5.97 Å². The van der Waals surface area contributed by atoms with Gasteiger partial charge in [0.15, 0.2) is 5.12 Å². The van der Waals surface area contributed by atoms with E-state index in [0.29, 0.717) is 12.8 Å². The standard InChI is InChI=1S/C9H16O3S/c1-2-13-9(12)7-5-3-4-6-8(10)11/h2-7H2,1H3,(H,10,11). The molecule has 1 N–H and O–H groups in total. The van der Waals surface area contributed by atoms with Crippen LogP contribution in [0.1, 0.15) is 39.0 Å². The second kappa shape index (κ2) is 8.10. The highest BCUT2D eigenvalue weighted by Gasteiger charge is 2.01. The molecule has 0 bridgehead atoms. The van der Waals surface area contributed by atoms with Crippen LogP contribution >= 0.6 is 11.8 Å². The molecular formula is C9H16O3S. The molecule has 0 heterocycles. The van der Waals surface area contributed by atoms with Crippen molar-refractivity contribution in [2.24, 2.45) is 0 Å². The van der Waals surface area contributed by atoms with Crippen molar-refractivity contribution in [3.05, 3.63) is 0 Å². The highest BCUT2D eigenvalue weighted by atomic mass is 32.2. The average Bonchev–Trinajstić information content (AvgIpc) is 2.03. The van der Waals surface area contributed by atoms with E-state index in [1.165, 1.54) is 11.8 Å². The molecule has 4 heteroatoms. The largest absolute Gasteiger partial charge is 0.481 e. The number of thioether (sulfide) groups is 1. The minimum Gasteiger partial charge on any atom is -0.481 e. The molecule has 0 rings (SSSR count). The van der Waals surface area contributed by atoms with Gasteiger partial charge < -0.3 is 5.11 Å². The molecule has 3 nitrogen and oxygen atoms in total. The third-order valence-corrected chi connectivity index (χ3v) is 2.39. The van der Waals surface area contributed by atoms with Crippen LogP contribution in [0.5, 0.6) is 0 Å². The van der Waals surface area contributed by atoms with E-state index in [0.717, 1.165) is 18.6 Å². The van der Waals surface area contributed by atoms with Crippen molar-refractivity contribution in [1.29, 1.82) is 0 Å². The van der Waals surface area contributed by atoms with E-state index in [4.69, 9.17) is 5.11 Å². The average molecular weight is 204 g/mol. The van der Waals surface area contributed by atoms with Gasteiger partial charge in [-0.15, -0.1) is 0 Å². The monoisotopic (exact) mass is 204 g/mol. The van der Waals surface area contributed by atoms with Gasteiger partial charge in [0.05, 0.1) is 0 Å². The first-order chi connectivity index (χ1) is 6.16. The fourth-order valence-electron chi connectivity index (χ4n) is 0.955. The molecule has 0 fully saturated rings. The van der Waals surface area contributed by atoms with E-state index in [9.17, 15) is 9.59 Å². The fraction of sp³-hybridized carbons (Fsp3) is 0.778. The lowest BCUT2D eigenvalue weighted by Gasteiger charge is -1.97. The third kappa shape index (κ3) is 9.40. The van der Waals surface area contributed by atoms with Crippen molar-refractivity contribution in [3.63, 3.8) is 0 Å². The number of rotatable bonds is 7. The molecule has 76 valence electrons. The zero-order valence-corrected chi connectivity index (χ0v) is 8.73. The maximum atomic E-state index is 11.0. The lowest BCUT2D eigenvalue weighted by atomic mass is 10.1. The summed E-state index contributed by atoms with van der Waals surface area (Å²) < 4.78 is 0. The number of carbonyl (C=O) groups excluding carboxylic acids is 1. The van der Waals surface area contributed by atoms with E-state index in [1.54, 1.807) is 0 Å². The van der Waals surface area contributed by atoms with Gasteiger partial charge in [-0.05, 0) is 18.6 Å². The Balaban J connectivity index is 3.16. The van der Waals surface area contributed by atoms with E-state index >= 15 is 0 Å². The van der Waals surface area contributed by atoms with Crippen molar-refractivity contribution in [3.8, 4) is 0 Å². The molecule has 0 spiro atoms. The molecule has 0 amide bonds. The van der Waals surface area contributed by atoms with E-state index < -0.39 is 5.97 Å². The minimum absolute atomic E-state index is 0.217. The predicted octanol–water partition coefficient (Wildman–Crippen LogP) is 2.30. The summed E-state index contributed by atoms with van der Waals surface area (Å²) in [6, 6.07) is 0. The molecule has 0 atom stereocenters. The first kappa shape index (κ1) is 12.5. The Morgan fingerprint density at radius 1 is 1.15 bits per heavy atom. The van der Waals surface area contributed by atoms with Crippen LogP contribution in [-0.2, 0) is 9.59 Å². The van der Waals surface area contributed by atoms with Crippen LogP contribution in [-0.4, -0.2) is 21.9 Å². The van der Waals surface area contributed by atoms with Crippen molar-refractivity contribution >= 4 is 22.8 Å². The van der Waals surface area contributed by atoms with E-state index in [2.05, 4.69) is 0 Å². The number of carbonyl (C=O) groups is 2. The van der Waals surface area contributed by atoms with Crippen molar-refractivity contribution in [1.82, 2.24) is 0 Å². The van der Waals surface area contributed by atoms with Crippen LogP contribution in [0, 0.1) is 0 Å². The number of hydrogen-bond donors (Lipinski definition) is 1. The van der Waals surface area contributed by atoms with Gasteiger partial charge in [-0.3, -0.25) is 9.59 Å². The number of carboxylic acid groups (broad SMARTS) is 1.